The number of carbonyl (C=O) groups is 4. The van der Waals surface area contributed by atoms with Crippen LogP contribution < -0.4 is 5.32 Å². The van der Waals surface area contributed by atoms with E-state index in [1.165, 1.54) is 7.11 Å². The highest BCUT2D eigenvalue weighted by atomic mass is 16.6. The molecule has 0 bridgehead atoms. The summed E-state index contributed by atoms with van der Waals surface area (Å²) in [6.45, 7) is 7.69. The van der Waals surface area contributed by atoms with Gasteiger partial charge in [0.15, 0.2) is 5.78 Å². The van der Waals surface area contributed by atoms with Crippen LogP contribution in [0.4, 0.5) is 0 Å². The summed E-state index contributed by atoms with van der Waals surface area (Å²) < 4.78 is 15.5. The second-order valence-electron chi connectivity index (χ2n) is 7.57. The van der Waals surface area contributed by atoms with Crippen LogP contribution in [0.5, 0.6) is 0 Å². The molecule has 0 aromatic rings. The SMILES string of the molecule is CCOC(C(=O)OC(C)(C)C)N1CCC[C@H]1C(=O)NCC(=O)CCC(=O)OC. The predicted octanol–water partition coefficient (Wildman–Crippen LogP) is 0.794. The monoisotopic (exact) mass is 400 g/mol. The number of hydrogen-bond acceptors (Lipinski definition) is 8. The molecule has 0 radical (unpaired) electrons. The van der Waals surface area contributed by atoms with Gasteiger partial charge in [0, 0.05) is 19.6 Å². The van der Waals surface area contributed by atoms with Crippen molar-refractivity contribution in [3.05, 3.63) is 0 Å². The van der Waals surface area contributed by atoms with E-state index >= 15 is 0 Å². The van der Waals surface area contributed by atoms with Gasteiger partial charge in [-0.3, -0.25) is 19.3 Å². The van der Waals surface area contributed by atoms with Crippen molar-refractivity contribution in [3.63, 3.8) is 0 Å². The predicted molar refractivity (Wildman–Crippen MR) is 100 cm³/mol. The largest absolute Gasteiger partial charge is 0.469 e. The zero-order chi connectivity index (χ0) is 21.3. The Morgan fingerprint density at radius 3 is 2.43 bits per heavy atom. The van der Waals surface area contributed by atoms with Gasteiger partial charge >= 0.3 is 11.9 Å². The molecule has 1 unspecified atom stereocenters. The Balaban J connectivity index is 2.67. The zero-order valence-electron chi connectivity index (χ0n) is 17.4. The number of hydrogen-bond donors (Lipinski definition) is 1. The van der Waals surface area contributed by atoms with Crippen molar-refractivity contribution in [1.82, 2.24) is 10.2 Å². The van der Waals surface area contributed by atoms with Crippen molar-refractivity contribution in [2.24, 2.45) is 0 Å². The molecule has 0 aromatic heterocycles. The van der Waals surface area contributed by atoms with E-state index in [2.05, 4.69) is 10.1 Å². The van der Waals surface area contributed by atoms with Gasteiger partial charge in [0.05, 0.1) is 26.1 Å². The Kier molecular flexibility index (Phi) is 9.54. The second kappa shape index (κ2) is 11.1. The number of Topliss-reactive ketones (excluding diaryl/α,β-unsaturated/α-hetero) is 1. The Bertz CT molecular complexity index is 571. The number of ether oxygens (including phenoxy) is 3. The first-order valence-electron chi connectivity index (χ1n) is 9.55. The van der Waals surface area contributed by atoms with E-state index < -0.39 is 29.8 Å². The normalized spacial score (nSPS) is 18.4. The van der Waals surface area contributed by atoms with E-state index in [0.29, 0.717) is 19.6 Å². The average Bonchev–Trinajstić information content (AvgIpc) is 3.09. The van der Waals surface area contributed by atoms with Gasteiger partial charge in [-0.25, -0.2) is 4.79 Å². The van der Waals surface area contributed by atoms with Crippen LogP contribution in [-0.4, -0.2) is 73.2 Å². The van der Waals surface area contributed by atoms with Crippen molar-refractivity contribution >= 4 is 23.6 Å². The summed E-state index contributed by atoms with van der Waals surface area (Å²) in [5, 5.41) is 2.59. The number of methoxy groups -OCH3 is 1. The molecule has 9 nitrogen and oxygen atoms in total. The van der Waals surface area contributed by atoms with E-state index in [1.54, 1.807) is 32.6 Å². The highest BCUT2D eigenvalue weighted by molar-refractivity contribution is 5.90. The molecule has 0 aliphatic carbocycles. The average molecular weight is 400 g/mol. The number of nitrogens with one attached hydrogen (secondary N) is 1. The number of likely N-dealkylation sites (tertiary alicyclic amines) is 1. The maximum absolute atomic E-state index is 12.6. The lowest BCUT2D eigenvalue weighted by Crippen LogP contribution is -2.53. The molecule has 0 spiro atoms. The highest BCUT2D eigenvalue weighted by Crippen LogP contribution is 2.23. The van der Waals surface area contributed by atoms with Gasteiger partial charge in [0.2, 0.25) is 12.1 Å². The molecular formula is C19H32N2O7. The Hall–Kier alpha value is -2.00. The quantitative estimate of drug-likeness (QED) is 0.536. The first kappa shape index (κ1) is 24.0. The summed E-state index contributed by atoms with van der Waals surface area (Å²) in [5.74, 6) is -1.63. The molecule has 1 aliphatic heterocycles. The zero-order valence-corrected chi connectivity index (χ0v) is 17.4. The summed E-state index contributed by atoms with van der Waals surface area (Å²) in [6, 6.07) is -0.586. The third-order valence-corrected chi connectivity index (χ3v) is 4.13. The van der Waals surface area contributed by atoms with Gasteiger partial charge in [-0.1, -0.05) is 0 Å². The minimum Gasteiger partial charge on any atom is -0.469 e. The van der Waals surface area contributed by atoms with Gasteiger partial charge in [-0.2, -0.15) is 0 Å². The number of amides is 1. The molecule has 1 amide bonds. The topological polar surface area (TPSA) is 111 Å². The molecule has 1 heterocycles. The fourth-order valence-electron chi connectivity index (χ4n) is 2.90. The molecule has 1 saturated heterocycles. The van der Waals surface area contributed by atoms with E-state index in [-0.39, 0.29) is 31.1 Å². The third-order valence-electron chi connectivity index (χ3n) is 4.13. The molecule has 1 aliphatic rings. The minimum atomic E-state index is -0.975. The number of ketones is 1. The van der Waals surface area contributed by atoms with E-state index in [9.17, 15) is 19.2 Å². The molecule has 1 fully saturated rings. The summed E-state index contributed by atoms with van der Waals surface area (Å²) in [4.78, 5) is 49.7. The van der Waals surface area contributed by atoms with E-state index in [4.69, 9.17) is 9.47 Å². The van der Waals surface area contributed by atoms with Crippen LogP contribution in [-0.2, 0) is 33.4 Å². The Labute approximate surface area is 166 Å². The molecule has 0 saturated carbocycles. The lowest BCUT2D eigenvalue weighted by atomic mass is 10.1. The van der Waals surface area contributed by atoms with Crippen LogP contribution in [0.15, 0.2) is 0 Å². The number of nitrogens with zero attached hydrogens (tertiary/aromatic N) is 1. The van der Waals surface area contributed by atoms with Crippen LogP contribution in [0, 0.1) is 0 Å². The fraction of sp³-hybridized carbons (Fsp3) is 0.789. The van der Waals surface area contributed by atoms with Crippen LogP contribution in [0.1, 0.15) is 53.4 Å². The molecular weight excluding hydrogens is 368 g/mol. The van der Waals surface area contributed by atoms with Crippen LogP contribution >= 0.6 is 0 Å². The molecule has 1 rings (SSSR count). The van der Waals surface area contributed by atoms with Crippen LogP contribution in [0.3, 0.4) is 0 Å². The molecule has 28 heavy (non-hydrogen) atoms. The van der Waals surface area contributed by atoms with Crippen LogP contribution in [0.25, 0.3) is 0 Å². The van der Waals surface area contributed by atoms with Gasteiger partial charge in [0.25, 0.3) is 0 Å². The maximum Gasteiger partial charge on any atom is 0.351 e. The molecule has 9 heteroatoms. The first-order valence-corrected chi connectivity index (χ1v) is 9.55. The summed E-state index contributed by atoms with van der Waals surface area (Å²) in [7, 11) is 1.25. The lowest BCUT2D eigenvalue weighted by molar-refractivity contribution is -0.183. The van der Waals surface area contributed by atoms with Crippen molar-refractivity contribution in [1.29, 1.82) is 0 Å². The smallest absolute Gasteiger partial charge is 0.351 e. The Morgan fingerprint density at radius 1 is 1.18 bits per heavy atom. The van der Waals surface area contributed by atoms with Gasteiger partial charge in [-0.05, 0) is 40.5 Å². The van der Waals surface area contributed by atoms with E-state index in [0.717, 1.165) is 6.42 Å². The molecule has 0 aromatic carbocycles. The summed E-state index contributed by atoms with van der Waals surface area (Å²) in [6.07, 6.45) is 0.277. The Morgan fingerprint density at radius 2 is 1.86 bits per heavy atom. The van der Waals surface area contributed by atoms with Crippen LogP contribution in [0.2, 0.25) is 0 Å². The molecule has 1 N–H and O–H groups in total. The van der Waals surface area contributed by atoms with Crippen molar-refractivity contribution in [3.8, 4) is 0 Å². The lowest BCUT2D eigenvalue weighted by Gasteiger charge is -2.32. The second-order valence-corrected chi connectivity index (χ2v) is 7.57. The van der Waals surface area contributed by atoms with Gasteiger partial charge in [0.1, 0.15) is 5.60 Å². The highest BCUT2D eigenvalue weighted by Gasteiger charge is 2.40. The fourth-order valence-corrected chi connectivity index (χ4v) is 2.90. The third kappa shape index (κ3) is 7.93. The summed E-state index contributed by atoms with van der Waals surface area (Å²) >= 11 is 0. The number of rotatable bonds is 10. The van der Waals surface area contributed by atoms with Crippen molar-refractivity contribution in [2.45, 2.75) is 71.2 Å². The first-order chi connectivity index (χ1) is 13.1. The van der Waals surface area contributed by atoms with Gasteiger partial charge < -0.3 is 19.5 Å². The minimum absolute atomic E-state index is 0.000807. The van der Waals surface area contributed by atoms with Gasteiger partial charge in [-0.15, -0.1) is 0 Å². The summed E-state index contributed by atoms with van der Waals surface area (Å²) in [5.41, 5.74) is -0.671. The number of carbonyl (C=O) groups excluding carboxylic acids is 4. The van der Waals surface area contributed by atoms with Crippen molar-refractivity contribution in [2.75, 3.05) is 26.8 Å². The van der Waals surface area contributed by atoms with E-state index in [1.807, 2.05) is 0 Å². The number of esters is 2. The molecule has 160 valence electrons. The van der Waals surface area contributed by atoms with Crippen molar-refractivity contribution < 1.29 is 33.4 Å². The molecule has 2 atom stereocenters. The standard InChI is InChI=1S/C19H32N2O7/c1-6-27-17(18(25)28-19(2,3)4)21-11-7-8-14(21)16(24)20-12-13(22)9-10-15(23)26-5/h14,17H,6-12H2,1-5H3,(H,20,24)/t14-,17?/m0/s1. The maximum atomic E-state index is 12.6.